The van der Waals surface area contributed by atoms with Crippen molar-refractivity contribution in [1.82, 2.24) is 10.4 Å². The molecular weight excluding hydrogens is 592 g/mol. The van der Waals surface area contributed by atoms with Crippen molar-refractivity contribution in [3.8, 4) is 11.3 Å². The highest BCUT2D eigenvalue weighted by Gasteiger charge is 2.16. The number of fused-ring (bicyclic) bond motifs is 1. The van der Waals surface area contributed by atoms with Gasteiger partial charge in [0.25, 0.3) is 11.8 Å². The van der Waals surface area contributed by atoms with Crippen LogP contribution in [-0.4, -0.2) is 22.5 Å². The monoisotopic (exact) mass is 614 g/mol. The number of anilines is 1. The lowest BCUT2D eigenvalue weighted by molar-refractivity contribution is 0.0955. The molecular formula is C31H24BrClN4O3. The van der Waals surface area contributed by atoms with Crippen LogP contribution in [0.25, 0.3) is 22.2 Å². The molecule has 9 heteroatoms. The lowest BCUT2D eigenvalue weighted by atomic mass is 10.0. The quantitative estimate of drug-likeness (QED) is 0.144. The van der Waals surface area contributed by atoms with Gasteiger partial charge in [0.15, 0.2) is 10.4 Å². The van der Waals surface area contributed by atoms with Crippen molar-refractivity contribution in [2.24, 2.45) is 5.10 Å². The zero-order chi connectivity index (χ0) is 28.2. The average Bonchev–Trinajstić information content (AvgIpc) is 3.42. The standard InChI is InChI=1S/C31H24BrClN4O3/c1-3-19-10-12-20(13-11-19)26-17-24(23-8-5-9-25(33)29(23)35-26)30(38)37-36-18(2)21-6-4-7-22(16-21)34-31(39)27-14-15-28(32)40-27/h4-17H,3H2,1-2H3,(H,34,39)(H,37,38). The van der Waals surface area contributed by atoms with E-state index in [0.717, 1.165) is 17.5 Å². The molecule has 0 radical (unpaired) electrons. The van der Waals surface area contributed by atoms with E-state index in [-0.39, 0.29) is 11.7 Å². The Morgan fingerprint density at radius 2 is 1.75 bits per heavy atom. The van der Waals surface area contributed by atoms with Crippen molar-refractivity contribution < 1.29 is 14.0 Å². The van der Waals surface area contributed by atoms with Gasteiger partial charge < -0.3 is 9.73 Å². The fourth-order valence-electron chi connectivity index (χ4n) is 4.17. The van der Waals surface area contributed by atoms with Crippen molar-refractivity contribution in [2.75, 3.05) is 5.32 Å². The number of amides is 2. The van der Waals surface area contributed by atoms with E-state index in [1.807, 2.05) is 36.4 Å². The first-order valence-electron chi connectivity index (χ1n) is 12.5. The van der Waals surface area contributed by atoms with Crippen molar-refractivity contribution >= 4 is 61.6 Å². The number of nitrogens with zero attached hydrogens (tertiary/aromatic N) is 2. The van der Waals surface area contributed by atoms with Crippen molar-refractivity contribution in [2.45, 2.75) is 20.3 Å². The Balaban J connectivity index is 1.40. The van der Waals surface area contributed by atoms with Crippen LogP contribution in [0, 0.1) is 0 Å². The maximum atomic E-state index is 13.4. The molecule has 3 aromatic carbocycles. The normalized spacial score (nSPS) is 11.4. The predicted molar refractivity (Wildman–Crippen MR) is 162 cm³/mol. The van der Waals surface area contributed by atoms with Gasteiger partial charge in [-0.15, -0.1) is 0 Å². The van der Waals surface area contributed by atoms with Crippen LogP contribution in [0.4, 0.5) is 5.69 Å². The summed E-state index contributed by atoms with van der Waals surface area (Å²) in [6.07, 6.45) is 0.930. The zero-order valence-corrected chi connectivity index (χ0v) is 24.0. The number of rotatable bonds is 7. The molecule has 0 aliphatic heterocycles. The van der Waals surface area contributed by atoms with E-state index in [2.05, 4.69) is 38.7 Å². The van der Waals surface area contributed by atoms with Gasteiger partial charge in [-0.3, -0.25) is 9.59 Å². The summed E-state index contributed by atoms with van der Waals surface area (Å²) in [5.41, 5.74) is 8.18. The molecule has 200 valence electrons. The summed E-state index contributed by atoms with van der Waals surface area (Å²) in [6.45, 7) is 3.87. The summed E-state index contributed by atoms with van der Waals surface area (Å²) in [4.78, 5) is 30.6. The van der Waals surface area contributed by atoms with Crippen LogP contribution >= 0.6 is 27.5 Å². The van der Waals surface area contributed by atoms with Gasteiger partial charge in [0, 0.05) is 16.6 Å². The number of carbonyl (C=O) groups is 2. The number of hydrazone groups is 1. The number of halogens is 2. The molecule has 0 fully saturated rings. The van der Waals surface area contributed by atoms with Crippen LogP contribution < -0.4 is 10.7 Å². The first kappa shape index (κ1) is 27.3. The molecule has 0 saturated carbocycles. The van der Waals surface area contributed by atoms with E-state index in [0.29, 0.717) is 43.3 Å². The van der Waals surface area contributed by atoms with E-state index >= 15 is 0 Å². The highest BCUT2D eigenvalue weighted by Crippen LogP contribution is 2.29. The van der Waals surface area contributed by atoms with Gasteiger partial charge in [0.05, 0.1) is 27.5 Å². The van der Waals surface area contributed by atoms with E-state index in [1.54, 1.807) is 55.5 Å². The fraction of sp³-hybridized carbons (Fsp3) is 0.0968. The van der Waals surface area contributed by atoms with Crippen molar-refractivity contribution in [3.63, 3.8) is 0 Å². The molecule has 0 unspecified atom stereocenters. The highest BCUT2D eigenvalue weighted by molar-refractivity contribution is 9.10. The minimum atomic E-state index is -0.395. The molecule has 0 aliphatic carbocycles. The first-order valence-corrected chi connectivity index (χ1v) is 13.7. The van der Waals surface area contributed by atoms with E-state index < -0.39 is 5.91 Å². The average molecular weight is 616 g/mol. The molecule has 0 atom stereocenters. The second-order valence-electron chi connectivity index (χ2n) is 9.02. The van der Waals surface area contributed by atoms with Crippen molar-refractivity contribution in [3.05, 3.63) is 117 Å². The Bertz CT molecular complexity index is 1760. The topological polar surface area (TPSA) is 96.6 Å². The molecule has 40 heavy (non-hydrogen) atoms. The molecule has 5 aromatic rings. The van der Waals surface area contributed by atoms with E-state index in [1.165, 1.54) is 5.56 Å². The van der Waals surface area contributed by atoms with Gasteiger partial charge in [-0.2, -0.15) is 5.10 Å². The molecule has 2 aromatic heterocycles. The largest absolute Gasteiger partial charge is 0.444 e. The molecule has 0 bridgehead atoms. The maximum absolute atomic E-state index is 13.4. The SMILES string of the molecule is CCc1ccc(-c2cc(C(=O)NN=C(C)c3cccc(NC(=O)c4ccc(Br)o4)c3)c3cccc(Cl)c3n2)cc1. The summed E-state index contributed by atoms with van der Waals surface area (Å²) in [5, 5.41) is 8.21. The first-order chi connectivity index (χ1) is 19.3. The number of para-hydroxylation sites is 1. The third-order valence-corrected chi connectivity index (χ3v) is 7.08. The third-order valence-electron chi connectivity index (χ3n) is 6.35. The lowest BCUT2D eigenvalue weighted by Crippen LogP contribution is -2.20. The summed E-state index contributed by atoms with van der Waals surface area (Å²) in [5.74, 6) is -0.595. The van der Waals surface area contributed by atoms with Crippen LogP contribution in [0.2, 0.25) is 5.02 Å². The Morgan fingerprint density at radius 1 is 0.975 bits per heavy atom. The Hall–Kier alpha value is -4.27. The molecule has 2 N–H and O–H groups in total. The van der Waals surface area contributed by atoms with Crippen LogP contribution in [-0.2, 0) is 6.42 Å². The number of aromatic nitrogens is 1. The molecule has 0 saturated heterocycles. The molecule has 0 aliphatic rings. The summed E-state index contributed by atoms with van der Waals surface area (Å²) in [6, 6.07) is 25.6. The molecule has 0 spiro atoms. The van der Waals surface area contributed by atoms with E-state index in [9.17, 15) is 9.59 Å². The summed E-state index contributed by atoms with van der Waals surface area (Å²) in [7, 11) is 0. The minimum Gasteiger partial charge on any atom is -0.444 e. The molecule has 2 heterocycles. The predicted octanol–water partition coefficient (Wildman–Crippen LogP) is 7.88. The van der Waals surface area contributed by atoms with Gasteiger partial charge in [0.2, 0.25) is 0 Å². The van der Waals surface area contributed by atoms with Gasteiger partial charge in [-0.1, -0.05) is 67.1 Å². The van der Waals surface area contributed by atoms with Gasteiger partial charge in [-0.05, 0) is 76.8 Å². The molecule has 5 rings (SSSR count). The summed E-state index contributed by atoms with van der Waals surface area (Å²) < 4.78 is 5.78. The smallest absolute Gasteiger partial charge is 0.291 e. The number of nitrogens with one attached hydrogen (secondary N) is 2. The number of benzene rings is 3. The zero-order valence-electron chi connectivity index (χ0n) is 21.7. The van der Waals surface area contributed by atoms with Crippen LogP contribution in [0.5, 0.6) is 0 Å². The lowest BCUT2D eigenvalue weighted by Gasteiger charge is -2.11. The number of hydrogen-bond donors (Lipinski definition) is 2. The van der Waals surface area contributed by atoms with Crippen LogP contribution in [0.1, 0.15) is 45.9 Å². The van der Waals surface area contributed by atoms with Crippen LogP contribution in [0.3, 0.4) is 0 Å². The number of pyridine rings is 1. The Labute approximate surface area is 244 Å². The number of carbonyl (C=O) groups excluding carboxylic acids is 2. The Morgan fingerprint density at radius 3 is 2.48 bits per heavy atom. The second-order valence-corrected chi connectivity index (χ2v) is 10.2. The fourth-order valence-corrected chi connectivity index (χ4v) is 4.69. The maximum Gasteiger partial charge on any atom is 0.291 e. The number of furan rings is 1. The molecule has 7 nitrogen and oxygen atoms in total. The second kappa shape index (κ2) is 11.9. The van der Waals surface area contributed by atoms with Gasteiger partial charge in [-0.25, -0.2) is 10.4 Å². The minimum absolute atomic E-state index is 0.181. The number of aryl methyl sites for hydroxylation is 1. The Kier molecular flexibility index (Phi) is 8.09. The van der Waals surface area contributed by atoms with Crippen molar-refractivity contribution in [1.29, 1.82) is 0 Å². The van der Waals surface area contributed by atoms with E-state index in [4.69, 9.17) is 21.0 Å². The summed E-state index contributed by atoms with van der Waals surface area (Å²) >= 11 is 9.67. The van der Waals surface area contributed by atoms with Gasteiger partial charge >= 0.3 is 0 Å². The van der Waals surface area contributed by atoms with Gasteiger partial charge in [0.1, 0.15) is 0 Å². The third kappa shape index (κ3) is 5.98. The molecule has 2 amide bonds. The highest BCUT2D eigenvalue weighted by atomic mass is 79.9. The van der Waals surface area contributed by atoms with Crippen LogP contribution in [0.15, 0.2) is 99.1 Å². The number of hydrogen-bond acceptors (Lipinski definition) is 5.